The highest BCUT2D eigenvalue weighted by Gasteiger charge is 2.11. The summed E-state index contributed by atoms with van der Waals surface area (Å²) < 4.78 is 18.3. The van der Waals surface area contributed by atoms with Crippen molar-refractivity contribution in [3.63, 3.8) is 0 Å². The molecule has 0 saturated heterocycles. The summed E-state index contributed by atoms with van der Waals surface area (Å²) in [6, 6.07) is 13.7. The topological polar surface area (TPSA) is 41.5 Å². The molecule has 0 amide bonds. The van der Waals surface area contributed by atoms with E-state index in [-0.39, 0.29) is 11.9 Å². The number of nitrogens with one attached hydrogen (secondary N) is 1. The second kappa shape index (κ2) is 7.20. The lowest BCUT2D eigenvalue weighted by atomic mass is 10.1. The van der Waals surface area contributed by atoms with Gasteiger partial charge in [0.1, 0.15) is 11.6 Å². The van der Waals surface area contributed by atoms with Gasteiger partial charge in [0.25, 0.3) is 0 Å². The highest BCUT2D eigenvalue weighted by atomic mass is 19.1. The Morgan fingerprint density at radius 2 is 1.86 bits per heavy atom. The van der Waals surface area contributed by atoms with E-state index in [2.05, 4.69) is 5.32 Å². The van der Waals surface area contributed by atoms with Crippen LogP contribution >= 0.6 is 0 Å². The monoisotopic (exact) mass is 289 g/mol. The fourth-order valence-corrected chi connectivity index (χ4v) is 2.15. The number of benzene rings is 2. The minimum Gasteiger partial charge on any atom is -0.497 e. The standard InChI is InChI=1S/C17H20FNO2/c1-12(13-5-3-7-15(18)9-13)19-11-17(20)14-6-4-8-16(10-14)21-2/h3-10,12,17,19-20H,11H2,1-2H3/t12-,17?/m0/s1. The molecule has 2 atom stereocenters. The van der Waals surface area contributed by atoms with Gasteiger partial charge in [0.2, 0.25) is 0 Å². The van der Waals surface area contributed by atoms with E-state index in [9.17, 15) is 9.50 Å². The van der Waals surface area contributed by atoms with Crippen LogP contribution in [0.3, 0.4) is 0 Å². The molecule has 0 aromatic heterocycles. The van der Waals surface area contributed by atoms with E-state index >= 15 is 0 Å². The number of hydrogen-bond acceptors (Lipinski definition) is 3. The summed E-state index contributed by atoms with van der Waals surface area (Å²) in [5.41, 5.74) is 1.64. The van der Waals surface area contributed by atoms with Crippen LogP contribution in [-0.4, -0.2) is 18.8 Å². The van der Waals surface area contributed by atoms with E-state index in [1.807, 2.05) is 31.2 Å². The lowest BCUT2D eigenvalue weighted by Crippen LogP contribution is -2.24. The molecule has 0 fully saturated rings. The van der Waals surface area contributed by atoms with Gasteiger partial charge >= 0.3 is 0 Å². The summed E-state index contributed by atoms with van der Waals surface area (Å²) in [6.45, 7) is 2.32. The van der Waals surface area contributed by atoms with Crippen LogP contribution in [0.25, 0.3) is 0 Å². The Labute approximate surface area is 124 Å². The zero-order valence-corrected chi connectivity index (χ0v) is 12.2. The Balaban J connectivity index is 1.95. The van der Waals surface area contributed by atoms with Crippen molar-refractivity contribution in [1.29, 1.82) is 0 Å². The zero-order valence-electron chi connectivity index (χ0n) is 12.2. The molecule has 4 heteroatoms. The number of halogens is 1. The van der Waals surface area contributed by atoms with Crippen LogP contribution in [0.2, 0.25) is 0 Å². The highest BCUT2D eigenvalue weighted by molar-refractivity contribution is 5.30. The van der Waals surface area contributed by atoms with Gasteiger partial charge in [-0.05, 0) is 42.3 Å². The summed E-state index contributed by atoms with van der Waals surface area (Å²) >= 11 is 0. The molecule has 0 spiro atoms. The molecular formula is C17H20FNO2. The van der Waals surface area contributed by atoms with Crippen molar-refractivity contribution < 1.29 is 14.2 Å². The summed E-state index contributed by atoms with van der Waals surface area (Å²) in [5, 5.41) is 13.4. The molecule has 2 aromatic rings. The molecule has 0 radical (unpaired) electrons. The van der Waals surface area contributed by atoms with E-state index < -0.39 is 6.10 Å². The van der Waals surface area contributed by atoms with Crippen molar-refractivity contribution in [3.05, 3.63) is 65.5 Å². The van der Waals surface area contributed by atoms with Crippen LogP contribution in [0.4, 0.5) is 4.39 Å². The van der Waals surface area contributed by atoms with Crippen LogP contribution in [0.1, 0.15) is 30.2 Å². The molecule has 0 heterocycles. The Morgan fingerprint density at radius 1 is 1.14 bits per heavy atom. The van der Waals surface area contributed by atoms with E-state index in [1.54, 1.807) is 19.2 Å². The molecule has 2 aromatic carbocycles. The summed E-state index contributed by atoms with van der Waals surface area (Å²) in [7, 11) is 1.59. The van der Waals surface area contributed by atoms with Crippen LogP contribution < -0.4 is 10.1 Å². The predicted octanol–water partition coefficient (Wildman–Crippen LogP) is 3.22. The van der Waals surface area contributed by atoms with Gasteiger partial charge in [0.05, 0.1) is 13.2 Å². The number of aliphatic hydroxyl groups excluding tert-OH is 1. The Hall–Kier alpha value is -1.91. The third-order valence-electron chi connectivity index (χ3n) is 3.44. The molecule has 2 rings (SSSR count). The van der Waals surface area contributed by atoms with Crippen molar-refractivity contribution in [2.45, 2.75) is 19.1 Å². The first-order valence-corrected chi connectivity index (χ1v) is 6.91. The minimum atomic E-state index is -0.642. The van der Waals surface area contributed by atoms with Gasteiger partial charge in [-0.1, -0.05) is 24.3 Å². The summed E-state index contributed by atoms with van der Waals surface area (Å²) in [6.07, 6.45) is -0.642. The normalized spacial score (nSPS) is 13.7. The van der Waals surface area contributed by atoms with Gasteiger partial charge < -0.3 is 15.2 Å². The Kier molecular flexibility index (Phi) is 5.31. The van der Waals surface area contributed by atoms with Gasteiger partial charge in [-0.2, -0.15) is 0 Å². The summed E-state index contributed by atoms with van der Waals surface area (Å²) in [4.78, 5) is 0. The number of aliphatic hydroxyl groups is 1. The Morgan fingerprint density at radius 3 is 2.57 bits per heavy atom. The fourth-order valence-electron chi connectivity index (χ4n) is 2.15. The maximum absolute atomic E-state index is 13.2. The molecule has 0 bridgehead atoms. The number of rotatable bonds is 6. The highest BCUT2D eigenvalue weighted by Crippen LogP contribution is 2.20. The Bertz CT molecular complexity index is 589. The van der Waals surface area contributed by atoms with Crippen molar-refractivity contribution >= 4 is 0 Å². The van der Waals surface area contributed by atoms with E-state index in [4.69, 9.17) is 4.74 Å². The van der Waals surface area contributed by atoms with E-state index in [0.717, 1.165) is 11.1 Å². The van der Waals surface area contributed by atoms with Crippen LogP contribution in [0, 0.1) is 5.82 Å². The van der Waals surface area contributed by atoms with Gasteiger partial charge in [-0.15, -0.1) is 0 Å². The van der Waals surface area contributed by atoms with Crippen LogP contribution in [0.15, 0.2) is 48.5 Å². The quantitative estimate of drug-likeness (QED) is 0.858. The molecule has 0 aliphatic heterocycles. The van der Waals surface area contributed by atoms with Crippen LogP contribution in [0.5, 0.6) is 5.75 Å². The van der Waals surface area contributed by atoms with Gasteiger partial charge in [-0.25, -0.2) is 4.39 Å². The van der Waals surface area contributed by atoms with Crippen molar-refractivity contribution in [3.8, 4) is 5.75 Å². The van der Waals surface area contributed by atoms with Crippen LogP contribution in [-0.2, 0) is 0 Å². The minimum absolute atomic E-state index is 0.0408. The molecule has 21 heavy (non-hydrogen) atoms. The molecule has 0 aliphatic rings. The third-order valence-corrected chi connectivity index (χ3v) is 3.44. The van der Waals surface area contributed by atoms with Crippen molar-refractivity contribution in [2.75, 3.05) is 13.7 Å². The molecular weight excluding hydrogens is 269 g/mol. The van der Waals surface area contributed by atoms with Gasteiger partial charge in [0.15, 0.2) is 0 Å². The van der Waals surface area contributed by atoms with Gasteiger partial charge in [-0.3, -0.25) is 0 Å². The number of ether oxygens (including phenoxy) is 1. The lowest BCUT2D eigenvalue weighted by molar-refractivity contribution is 0.170. The first kappa shape index (κ1) is 15.5. The first-order chi connectivity index (χ1) is 10.1. The van der Waals surface area contributed by atoms with Crippen molar-refractivity contribution in [1.82, 2.24) is 5.32 Å². The third kappa shape index (κ3) is 4.28. The maximum Gasteiger partial charge on any atom is 0.123 e. The second-order valence-corrected chi connectivity index (χ2v) is 4.98. The largest absolute Gasteiger partial charge is 0.497 e. The molecule has 3 nitrogen and oxygen atoms in total. The maximum atomic E-state index is 13.2. The molecule has 2 N–H and O–H groups in total. The van der Waals surface area contributed by atoms with E-state index in [1.165, 1.54) is 12.1 Å². The second-order valence-electron chi connectivity index (χ2n) is 4.98. The molecule has 112 valence electrons. The predicted molar refractivity (Wildman–Crippen MR) is 80.8 cm³/mol. The number of methoxy groups -OCH3 is 1. The first-order valence-electron chi connectivity index (χ1n) is 6.91. The smallest absolute Gasteiger partial charge is 0.123 e. The summed E-state index contributed by atoms with van der Waals surface area (Å²) in [5.74, 6) is 0.458. The number of hydrogen-bond donors (Lipinski definition) is 2. The van der Waals surface area contributed by atoms with Gasteiger partial charge in [0, 0.05) is 12.6 Å². The van der Waals surface area contributed by atoms with Crippen molar-refractivity contribution in [2.24, 2.45) is 0 Å². The fraction of sp³-hybridized carbons (Fsp3) is 0.294. The molecule has 0 aliphatic carbocycles. The molecule has 0 saturated carbocycles. The molecule has 1 unspecified atom stereocenters. The zero-order chi connectivity index (χ0) is 15.2. The average molecular weight is 289 g/mol. The lowest BCUT2D eigenvalue weighted by Gasteiger charge is -2.18. The van der Waals surface area contributed by atoms with E-state index in [0.29, 0.717) is 12.3 Å². The SMILES string of the molecule is COc1cccc(C(O)CN[C@@H](C)c2cccc(F)c2)c1. The average Bonchev–Trinajstić information content (AvgIpc) is 2.52.